The van der Waals surface area contributed by atoms with Crippen molar-refractivity contribution in [3.8, 4) is 22.8 Å². The van der Waals surface area contributed by atoms with E-state index < -0.39 is 11.5 Å². The van der Waals surface area contributed by atoms with Crippen LogP contribution < -0.4 is 20.3 Å². The van der Waals surface area contributed by atoms with Gasteiger partial charge >= 0.3 is 0 Å². The number of methoxy groups -OCH3 is 2. The van der Waals surface area contributed by atoms with Crippen molar-refractivity contribution in [1.82, 2.24) is 9.78 Å². The lowest BCUT2D eigenvalue weighted by Gasteiger charge is -2.12. The van der Waals surface area contributed by atoms with Gasteiger partial charge in [0, 0.05) is 11.6 Å². The quantitative estimate of drug-likeness (QED) is 0.637. The smallest absolute Gasteiger partial charge is 0.267 e. The molecule has 2 aromatic carbocycles. The highest BCUT2D eigenvalue weighted by atomic mass is 35.5. The summed E-state index contributed by atoms with van der Waals surface area (Å²) in [7, 11) is 3.08. The maximum absolute atomic E-state index is 12.4. The highest BCUT2D eigenvalue weighted by Crippen LogP contribution is 2.32. The number of carbonyl (C=O) groups is 1. The largest absolute Gasteiger partial charge is 0.497 e. The number of carbonyl (C=O) groups excluding carboxylic acids is 1. The van der Waals surface area contributed by atoms with Crippen LogP contribution >= 0.6 is 23.2 Å². The van der Waals surface area contributed by atoms with E-state index in [1.807, 2.05) is 0 Å². The van der Waals surface area contributed by atoms with Crippen LogP contribution in [-0.4, -0.2) is 29.9 Å². The molecule has 0 radical (unpaired) electrons. The first kappa shape index (κ1) is 20.7. The molecule has 1 amide bonds. The molecule has 0 aliphatic heterocycles. The fourth-order valence-corrected chi connectivity index (χ4v) is 2.99. The molecule has 0 fully saturated rings. The van der Waals surface area contributed by atoms with E-state index in [9.17, 15) is 9.59 Å². The Labute approximate surface area is 176 Å². The summed E-state index contributed by atoms with van der Waals surface area (Å²) in [5.74, 6) is 0.686. The van der Waals surface area contributed by atoms with Gasteiger partial charge in [0.15, 0.2) is 0 Å². The number of nitrogens with one attached hydrogen (secondary N) is 1. The normalized spacial score (nSPS) is 10.5. The maximum atomic E-state index is 12.4. The molecule has 0 saturated heterocycles. The number of aromatic nitrogens is 2. The van der Waals surface area contributed by atoms with Gasteiger partial charge in [0.05, 0.1) is 35.6 Å². The zero-order valence-electron chi connectivity index (χ0n) is 15.6. The fraction of sp³-hybridized carbons (Fsp3) is 0.150. The molecular weight excluding hydrogens is 417 g/mol. The van der Waals surface area contributed by atoms with Crippen molar-refractivity contribution in [2.24, 2.45) is 0 Å². The van der Waals surface area contributed by atoms with Crippen LogP contribution in [0, 0.1) is 0 Å². The van der Waals surface area contributed by atoms with Gasteiger partial charge in [-0.05, 0) is 36.4 Å². The monoisotopic (exact) mass is 433 g/mol. The molecule has 0 bridgehead atoms. The van der Waals surface area contributed by atoms with Crippen molar-refractivity contribution in [2.45, 2.75) is 6.54 Å². The Morgan fingerprint density at radius 3 is 2.62 bits per heavy atom. The Bertz CT molecular complexity index is 1120. The first-order chi connectivity index (χ1) is 13.9. The van der Waals surface area contributed by atoms with Crippen LogP contribution in [0.3, 0.4) is 0 Å². The minimum atomic E-state index is -0.474. The van der Waals surface area contributed by atoms with Gasteiger partial charge in [-0.25, -0.2) is 4.68 Å². The van der Waals surface area contributed by atoms with Crippen molar-refractivity contribution >= 4 is 34.8 Å². The number of anilines is 1. The second-order valence-electron chi connectivity index (χ2n) is 5.93. The number of rotatable bonds is 6. The summed E-state index contributed by atoms with van der Waals surface area (Å²) >= 11 is 12.0. The lowest BCUT2D eigenvalue weighted by Crippen LogP contribution is -2.29. The van der Waals surface area contributed by atoms with Gasteiger partial charge < -0.3 is 14.8 Å². The van der Waals surface area contributed by atoms with E-state index in [0.29, 0.717) is 33.5 Å². The van der Waals surface area contributed by atoms with Crippen molar-refractivity contribution in [1.29, 1.82) is 0 Å². The molecule has 1 heterocycles. The summed E-state index contributed by atoms with van der Waals surface area (Å²) in [5, 5.41) is 7.46. The van der Waals surface area contributed by atoms with Crippen molar-refractivity contribution in [3.63, 3.8) is 0 Å². The van der Waals surface area contributed by atoms with Crippen molar-refractivity contribution < 1.29 is 14.3 Å². The van der Waals surface area contributed by atoms with Crippen LogP contribution in [0.1, 0.15) is 0 Å². The number of hydrogen-bond acceptors (Lipinski definition) is 5. The third-order valence-corrected chi connectivity index (χ3v) is 4.89. The molecule has 0 aliphatic rings. The standard InChI is InChI=1S/C20H17Cl2N3O4/c1-28-12-6-8-17(29-2)13(10-12)15-7-9-19(27)25(24-15)11-18(26)23-16-5-3-4-14(21)20(16)22/h3-10H,11H2,1-2H3,(H,23,26). The van der Waals surface area contributed by atoms with Crippen molar-refractivity contribution in [2.75, 3.05) is 19.5 Å². The molecule has 3 aromatic rings. The molecule has 0 saturated carbocycles. The minimum Gasteiger partial charge on any atom is -0.497 e. The Morgan fingerprint density at radius 1 is 1.10 bits per heavy atom. The lowest BCUT2D eigenvalue weighted by molar-refractivity contribution is -0.117. The Hall–Kier alpha value is -3.03. The van der Waals surface area contributed by atoms with Crippen LogP contribution in [0.4, 0.5) is 5.69 Å². The zero-order chi connectivity index (χ0) is 21.0. The molecule has 1 N–H and O–H groups in total. The lowest BCUT2D eigenvalue weighted by atomic mass is 10.1. The summed E-state index contributed by atoms with van der Waals surface area (Å²) in [6.45, 7) is -0.304. The number of nitrogens with zero attached hydrogens (tertiary/aromatic N) is 2. The molecular formula is C20H17Cl2N3O4. The third kappa shape index (κ3) is 4.70. The van der Waals surface area contributed by atoms with Gasteiger partial charge in [0.1, 0.15) is 18.0 Å². The fourth-order valence-electron chi connectivity index (χ4n) is 2.65. The highest BCUT2D eigenvalue weighted by Gasteiger charge is 2.14. The second kappa shape index (κ2) is 8.98. The summed E-state index contributed by atoms with van der Waals surface area (Å²) < 4.78 is 11.7. The van der Waals surface area contributed by atoms with Crippen LogP contribution in [0.5, 0.6) is 11.5 Å². The van der Waals surface area contributed by atoms with Crippen LogP contribution in [-0.2, 0) is 11.3 Å². The number of ether oxygens (including phenoxy) is 2. The van der Waals surface area contributed by atoms with Crippen LogP contribution in [0.2, 0.25) is 10.0 Å². The van der Waals surface area contributed by atoms with Crippen LogP contribution in [0.25, 0.3) is 11.3 Å². The number of amides is 1. The Kier molecular flexibility index (Phi) is 6.41. The van der Waals surface area contributed by atoms with E-state index in [0.717, 1.165) is 4.68 Å². The number of hydrogen-bond donors (Lipinski definition) is 1. The first-order valence-electron chi connectivity index (χ1n) is 8.47. The van der Waals surface area contributed by atoms with E-state index in [2.05, 4.69) is 10.4 Å². The average Bonchev–Trinajstić information content (AvgIpc) is 2.72. The van der Waals surface area contributed by atoms with Gasteiger partial charge in [-0.1, -0.05) is 29.3 Å². The molecule has 7 nitrogen and oxygen atoms in total. The summed E-state index contributed by atoms with van der Waals surface area (Å²) in [4.78, 5) is 24.6. The summed E-state index contributed by atoms with van der Waals surface area (Å²) in [6, 6.07) is 13.0. The average molecular weight is 434 g/mol. The van der Waals surface area contributed by atoms with Gasteiger partial charge in [-0.3, -0.25) is 9.59 Å². The zero-order valence-corrected chi connectivity index (χ0v) is 17.1. The topological polar surface area (TPSA) is 82.5 Å². The maximum Gasteiger partial charge on any atom is 0.267 e. The number of benzene rings is 2. The highest BCUT2D eigenvalue weighted by molar-refractivity contribution is 6.43. The molecule has 0 aliphatic carbocycles. The summed E-state index contributed by atoms with van der Waals surface area (Å²) in [5.41, 5.74) is 0.999. The van der Waals surface area contributed by atoms with Gasteiger partial charge in [-0.15, -0.1) is 0 Å². The predicted molar refractivity (Wildman–Crippen MR) is 112 cm³/mol. The third-order valence-electron chi connectivity index (χ3n) is 4.07. The second-order valence-corrected chi connectivity index (χ2v) is 6.72. The number of halogens is 2. The molecule has 1 aromatic heterocycles. The van der Waals surface area contributed by atoms with Gasteiger partial charge in [-0.2, -0.15) is 5.10 Å². The molecule has 0 unspecified atom stereocenters. The first-order valence-corrected chi connectivity index (χ1v) is 9.23. The molecule has 9 heteroatoms. The Morgan fingerprint density at radius 2 is 1.90 bits per heavy atom. The summed E-state index contributed by atoms with van der Waals surface area (Å²) in [6.07, 6.45) is 0. The van der Waals surface area contributed by atoms with E-state index in [1.54, 1.807) is 49.6 Å². The SMILES string of the molecule is COc1ccc(OC)c(-c2ccc(=O)n(CC(=O)Nc3cccc(Cl)c3Cl)n2)c1. The molecule has 0 atom stereocenters. The van der Waals surface area contributed by atoms with Gasteiger partial charge in [0.2, 0.25) is 5.91 Å². The molecule has 0 spiro atoms. The van der Waals surface area contributed by atoms with E-state index in [-0.39, 0.29) is 11.6 Å². The van der Waals surface area contributed by atoms with E-state index in [4.69, 9.17) is 32.7 Å². The molecule has 29 heavy (non-hydrogen) atoms. The molecule has 3 rings (SSSR count). The molecule has 150 valence electrons. The van der Waals surface area contributed by atoms with Gasteiger partial charge in [0.25, 0.3) is 5.56 Å². The van der Waals surface area contributed by atoms with E-state index >= 15 is 0 Å². The van der Waals surface area contributed by atoms with Crippen LogP contribution in [0.15, 0.2) is 53.3 Å². The minimum absolute atomic E-state index is 0.220. The Balaban J connectivity index is 1.89. The van der Waals surface area contributed by atoms with E-state index in [1.165, 1.54) is 13.2 Å². The predicted octanol–water partition coefficient (Wildman–Crippen LogP) is 3.87. The van der Waals surface area contributed by atoms with Crippen molar-refractivity contribution in [3.05, 3.63) is 68.9 Å².